The number of fused-ring (bicyclic) bond motifs is 1. The molecule has 0 aliphatic heterocycles. The van der Waals surface area contributed by atoms with Crippen LogP contribution >= 0.6 is 0 Å². The highest BCUT2D eigenvalue weighted by Gasteiger charge is 2.23. The van der Waals surface area contributed by atoms with Crippen LogP contribution in [-0.4, -0.2) is 32.7 Å². The van der Waals surface area contributed by atoms with Gasteiger partial charge in [-0.05, 0) is 48.9 Å². The Morgan fingerprint density at radius 1 is 1.17 bits per heavy atom. The van der Waals surface area contributed by atoms with E-state index in [-0.39, 0.29) is 23.3 Å². The molecule has 158 valence electrons. The summed E-state index contributed by atoms with van der Waals surface area (Å²) in [6.45, 7) is 11.5. The second kappa shape index (κ2) is 8.67. The van der Waals surface area contributed by atoms with Crippen LogP contribution < -0.4 is 0 Å². The average Bonchev–Trinajstić information content (AvgIpc) is 3.11. The van der Waals surface area contributed by atoms with Gasteiger partial charge in [0, 0.05) is 11.1 Å². The number of nitrogens with zero attached hydrogens (tertiary/aromatic N) is 3. The van der Waals surface area contributed by atoms with Crippen molar-refractivity contribution in [2.24, 2.45) is 0 Å². The largest absolute Gasteiger partial charge is 0.505 e. The van der Waals surface area contributed by atoms with E-state index in [4.69, 9.17) is 4.89 Å². The fourth-order valence-corrected chi connectivity index (χ4v) is 3.01. The van der Waals surface area contributed by atoms with E-state index in [1.54, 1.807) is 6.92 Å². The van der Waals surface area contributed by atoms with Crippen molar-refractivity contribution in [2.75, 3.05) is 6.61 Å². The molecular formula is C23H27N3O4. The average molecular weight is 409 g/mol. The molecule has 0 aliphatic rings. The maximum atomic E-state index is 11.4. The molecule has 0 spiro atoms. The first-order chi connectivity index (χ1) is 14.2. The summed E-state index contributed by atoms with van der Waals surface area (Å²) in [5.74, 6) is -0.410. The molecule has 0 bridgehead atoms. The highest BCUT2D eigenvalue weighted by molar-refractivity contribution is 5.86. The Morgan fingerprint density at radius 2 is 1.80 bits per heavy atom. The van der Waals surface area contributed by atoms with E-state index in [0.717, 1.165) is 22.2 Å². The van der Waals surface area contributed by atoms with Gasteiger partial charge in [-0.3, -0.25) is 4.89 Å². The van der Waals surface area contributed by atoms with E-state index in [0.29, 0.717) is 18.5 Å². The Labute approximate surface area is 175 Å². The van der Waals surface area contributed by atoms with E-state index in [2.05, 4.69) is 21.7 Å². The first kappa shape index (κ1) is 21.5. The van der Waals surface area contributed by atoms with Crippen molar-refractivity contribution >= 4 is 17.0 Å². The van der Waals surface area contributed by atoms with Crippen molar-refractivity contribution in [2.45, 2.75) is 46.0 Å². The van der Waals surface area contributed by atoms with Gasteiger partial charge in [-0.2, -0.15) is 4.89 Å². The van der Waals surface area contributed by atoms with Crippen molar-refractivity contribution in [3.63, 3.8) is 0 Å². The molecule has 1 N–H and O–H groups in total. The lowest BCUT2D eigenvalue weighted by molar-refractivity contribution is -0.268. The lowest BCUT2D eigenvalue weighted by Crippen LogP contribution is -2.14. The molecule has 7 heteroatoms. The molecule has 0 fully saturated rings. The normalized spacial score (nSPS) is 11.6. The van der Waals surface area contributed by atoms with Crippen molar-refractivity contribution < 1.29 is 19.7 Å². The van der Waals surface area contributed by atoms with Gasteiger partial charge in [0.2, 0.25) is 0 Å². The van der Waals surface area contributed by atoms with Crippen LogP contribution in [0.15, 0.2) is 48.6 Å². The number of hydrogen-bond acceptors (Lipinski definition) is 6. The predicted molar refractivity (Wildman–Crippen MR) is 114 cm³/mol. The lowest BCUT2D eigenvalue weighted by Gasteiger charge is -2.23. The SMILES string of the molecule is C=C(C)C(=O)OOCCCc1cc(-n2nc3ccccc3n2)c(O)c(C(C)(C)C)c1. The lowest BCUT2D eigenvalue weighted by atomic mass is 9.84. The molecule has 3 rings (SSSR count). The third-order valence-electron chi connectivity index (χ3n) is 4.64. The number of carbonyl (C=O) groups is 1. The van der Waals surface area contributed by atoms with E-state index in [9.17, 15) is 9.90 Å². The second-order valence-corrected chi connectivity index (χ2v) is 8.32. The van der Waals surface area contributed by atoms with Crippen LogP contribution in [0.25, 0.3) is 16.7 Å². The van der Waals surface area contributed by atoms with Gasteiger partial charge in [0.05, 0.1) is 6.61 Å². The number of aromatic hydroxyl groups is 1. The Morgan fingerprint density at radius 3 is 2.37 bits per heavy atom. The number of hydrogen-bond donors (Lipinski definition) is 1. The van der Waals surface area contributed by atoms with Crippen molar-refractivity contribution in [3.05, 3.63) is 59.7 Å². The maximum absolute atomic E-state index is 11.4. The van der Waals surface area contributed by atoms with Crippen molar-refractivity contribution in [3.8, 4) is 11.4 Å². The summed E-state index contributed by atoms with van der Waals surface area (Å²) in [5, 5.41) is 20.0. The first-order valence-electron chi connectivity index (χ1n) is 9.85. The van der Waals surface area contributed by atoms with Crippen LogP contribution in [0, 0.1) is 0 Å². The van der Waals surface area contributed by atoms with Crippen LogP contribution in [0.5, 0.6) is 5.75 Å². The van der Waals surface area contributed by atoms with Crippen LogP contribution in [-0.2, 0) is 26.4 Å². The molecule has 0 aliphatic carbocycles. The number of carbonyl (C=O) groups excluding carboxylic acids is 1. The standard InChI is InChI=1S/C23H27N3O4/c1-15(2)22(28)30-29-12-8-9-16-13-17(23(3,4)5)21(27)20(14-16)26-24-18-10-6-7-11-19(18)25-26/h6-7,10-11,13-14,27H,1,8-9,12H2,2-5H3. The highest BCUT2D eigenvalue weighted by atomic mass is 17.2. The van der Waals surface area contributed by atoms with Gasteiger partial charge in [0.15, 0.2) is 0 Å². The van der Waals surface area contributed by atoms with E-state index in [1.165, 1.54) is 4.80 Å². The van der Waals surface area contributed by atoms with Gasteiger partial charge in [-0.15, -0.1) is 15.0 Å². The van der Waals surface area contributed by atoms with Gasteiger partial charge in [0.25, 0.3) is 0 Å². The third-order valence-corrected chi connectivity index (χ3v) is 4.64. The van der Waals surface area contributed by atoms with Crippen LogP contribution in [0.3, 0.4) is 0 Å². The fourth-order valence-electron chi connectivity index (χ4n) is 3.01. The zero-order valence-electron chi connectivity index (χ0n) is 17.8. The molecule has 2 aromatic carbocycles. The molecule has 3 aromatic rings. The van der Waals surface area contributed by atoms with Gasteiger partial charge in [-0.1, -0.05) is 45.5 Å². The molecular weight excluding hydrogens is 382 g/mol. The fraction of sp³-hybridized carbons (Fsp3) is 0.348. The summed E-state index contributed by atoms with van der Waals surface area (Å²) in [4.78, 5) is 22.5. The summed E-state index contributed by atoms with van der Waals surface area (Å²) < 4.78 is 0. The van der Waals surface area contributed by atoms with Crippen molar-refractivity contribution in [1.82, 2.24) is 15.0 Å². The smallest absolute Gasteiger partial charge is 0.368 e. The number of benzene rings is 2. The predicted octanol–water partition coefficient (Wildman–Crippen LogP) is 4.41. The Bertz CT molecular complexity index is 1050. The maximum Gasteiger partial charge on any atom is 0.368 e. The molecule has 1 heterocycles. The number of phenols is 1. The quantitative estimate of drug-likeness (QED) is 0.269. The van der Waals surface area contributed by atoms with Gasteiger partial charge in [-0.25, -0.2) is 4.79 Å². The highest BCUT2D eigenvalue weighted by Crippen LogP contribution is 2.36. The van der Waals surface area contributed by atoms with Gasteiger partial charge in [0.1, 0.15) is 22.5 Å². The minimum Gasteiger partial charge on any atom is -0.505 e. The number of rotatable bonds is 7. The Kier molecular flexibility index (Phi) is 6.22. The molecule has 0 radical (unpaired) electrons. The second-order valence-electron chi connectivity index (χ2n) is 8.32. The van der Waals surface area contributed by atoms with E-state index < -0.39 is 5.97 Å². The molecule has 1 aromatic heterocycles. The molecule has 0 unspecified atom stereocenters. The summed E-state index contributed by atoms with van der Waals surface area (Å²) in [6.07, 6.45) is 1.30. The zero-order valence-corrected chi connectivity index (χ0v) is 17.8. The van der Waals surface area contributed by atoms with Gasteiger partial charge < -0.3 is 5.11 Å². The van der Waals surface area contributed by atoms with Crippen LogP contribution in [0.1, 0.15) is 45.2 Å². The van der Waals surface area contributed by atoms with Crippen molar-refractivity contribution in [1.29, 1.82) is 0 Å². The molecule has 7 nitrogen and oxygen atoms in total. The topological polar surface area (TPSA) is 86.5 Å². The van der Waals surface area contributed by atoms with Crippen LogP contribution in [0.4, 0.5) is 0 Å². The Balaban J connectivity index is 1.84. The number of phenolic OH excluding ortho intramolecular Hbond substituents is 1. The third kappa shape index (κ3) is 4.86. The summed E-state index contributed by atoms with van der Waals surface area (Å²) in [7, 11) is 0. The van der Waals surface area contributed by atoms with Gasteiger partial charge >= 0.3 is 5.97 Å². The molecule has 0 atom stereocenters. The van der Waals surface area contributed by atoms with E-state index in [1.807, 2.05) is 57.2 Å². The molecule has 0 saturated heterocycles. The first-order valence-corrected chi connectivity index (χ1v) is 9.85. The minimum atomic E-state index is -0.575. The molecule has 0 saturated carbocycles. The summed E-state index contributed by atoms with van der Waals surface area (Å²) in [5.41, 5.74) is 3.87. The monoisotopic (exact) mass is 409 g/mol. The summed E-state index contributed by atoms with van der Waals surface area (Å²) >= 11 is 0. The molecule has 0 amide bonds. The van der Waals surface area contributed by atoms with E-state index >= 15 is 0 Å². The zero-order chi connectivity index (χ0) is 21.9. The summed E-state index contributed by atoms with van der Waals surface area (Å²) in [6, 6.07) is 11.4. The Hall–Kier alpha value is -3.19. The molecule has 30 heavy (non-hydrogen) atoms. The minimum absolute atomic E-state index is 0.165. The van der Waals surface area contributed by atoms with Crippen LogP contribution in [0.2, 0.25) is 0 Å². The number of aryl methyl sites for hydroxylation is 1. The number of aromatic nitrogens is 3.